The van der Waals surface area contributed by atoms with Gasteiger partial charge >= 0.3 is 111 Å². The Labute approximate surface area is 111 Å². The summed E-state index contributed by atoms with van der Waals surface area (Å²) < 4.78 is 8.55. The molecule has 0 amide bonds. The first-order chi connectivity index (χ1) is 6.72. The minimum atomic E-state index is -4.33. The molecule has 84 valence electrons. The van der Waals surface area contributed by atoms with Crippen molar-refractivity contribution in [3.63, 3.8) is 0 Å². The zero-order valence-electron chi connectivity index (χ0n) is 6.96. The third kappa shape index (κ3) is 1.86. The molecule has 0 N–H and O–H groups in total. The van der Waals surface area contributed by atoms with E-state index in [4.69, 9.17) is 66.3 Å². The summed E-state index contributed by atoms with van der Waals surface area (Å²) in [7, 11) is 0. The molecule has 0 atom stereocenters. The van der Waals surface area contributed by atoms with Crippen LogP contribution >= 0.6 is 63.0 Å². The van der Waals surface area contributed by atoms with Crippen LogP contribution in [-0.4, -0.2) is 3.53 Å². The van der Waals surface area contributed by atoms with E-state index in [-0.39, 0.29) is 0 Å². The molecular weight excluding hydrogens is 324 g/mol. The van der Waals surface area contributed by atoms with E-state index in [0.29, 0.717) is 11.5 Å². The van der Waals surface area contributed by atoms with Gasteiger partial charge in [0.05, 0.1) is 0 Å². The van der Waals surface area contributed by atoms with Gasteiger partial charge < -0.3 is 0 Å². The Balaban J connectivity index is 2.48. The van der Waals surface area contributed by atoms with Crippen LogP contribution in [0.2, 0.25) is 0 Å². The fourth-order valence-electron chi connectivity index (χ4n) is 1.05. The molecule has 0 aliphatic carbocycles. The number of alkyl halides is 3. The molecule has 0 spiro atoms. The Morgan fingerprint density at radius 3 is 1.67 bits per heavy atom. The number of rotatable bonds is 0. The molecule has 1 heterocycles. The van der Waals surface area contributed by atoms with Gasteiger partial charge in [-0.25, -0.2) is 0 Å². The normalized spacial score (nSPS) is 24.2. The van der Waals surface area contributed by atoms with Crippen LogP contribution in [0.15, 0.2) is 24.3 Å². The van der Waals surface area contributed by atoms with Crippen molar-refractivity contribution in [3.8, 4) is 11.5 Å². The van der Waals surface area contributed by atoms with Crippen LogP contribution < -0.4 is 9.05 Å². The van der Waals surface area contributed by atoms with Crippen LogP contribution in [0.25, 0.3) is 0 Å². The Bertz CT molecular complexity index is 387. The van der Waals surface area contributed by atoms with Crippen molar-refractivity contribution in [1.82, 2.24) is 0 Å². The molecule has 2 rings (SSSR count). The zero-order valence-corrected chi connectivity index (χ0v) is 11.6. The van der Waals surface area contributed by atoms with Crippen molar-refractivity contribution >= 4 is 63.0 Å². The van der Waals surface area contributed by atoms with Gasteiger partial charge in [-0.1, -0.05) is 0 Å². The molecule has 1 aromatic rings. The molecule has 0 saturated carbocycles. The van der Waals surface area contributed by atoms with Gasteiger partial charge in [0.15, 0.2) is 0 Å². The molecule has 0 radical (unpaired) electrons. The van der Waals surface area contributed by atoms with E-state index in [2.05, 4.69) is 0 Å². The number of hydrogen-bond donors (Lipinski definition) is 0. The molecule has 8 heteroatoms. The predicted molar refractivity (Wildman–Crippen MR) is 66.6 cm³/mol. The number of para-hydroxylation sites is 2. The molecule has 0 bridgehead atoms. The van der Waals surface area contributed by atoms with Crippen LogP contribution in [0, 0.1) is 0 Å². The Kier molecular flexibility index (Phi) is 2.72. The number of benzene rings is 1. The van der Waals surface area contributed by atoms with E-state index in [1.54, 1.807) is 24.3 Å². The van der Waals surface area contributed by atoms with Gasteiger partial charge in [-0.05, 0) is 0 Å². The van der Waals surface area contributed by atoms with E-state index in [9.17, 15) is 0 Å². The molecular formula is C7H4Cl5O2P. The molecule has 0 fully saturated rings. The maximum atomic E-state index is 6.02. The van der Waals surface area contributed by atoms with Crippen LogP contribution in [-0.2, 0) is 0 Å². The average molecular weight is 328 g/mol. The van der Waals surface area contributed by atoms with Crippen molar-refractivity contribution in [3.05, 3.63) is 24.3 Å². The second-order valence-electron chi connectivity index (χ2n) is 2.86. The molecule has 15 heavy (non-hydrogen) atoms. The quantitative estimate of drug-likeness (QED) is 0.464. The van der Waals surface area contributed by atoms with Crippen LogP contribution in [0.1, 0.15) is 0 Å². The van der Waals surface area contributed by atoms with Gasteiger partial charge in [-0.3, -0.25) is 0 Å². The third-order valence-electron chi connectivity index (χ3n) is 1.75. The summed E-state index contributed by atoms with van der Waals surface area (Å²) in [6.45, 7) is 0. The van der Waals surface area contributed by atoms with Gasteiger partial charge in [-0.2, -0.15) is 0 Å². The second kappa shape index (κ2) is 3.35. The monoisotopic (exact) mass is 326 g/mol. The van der Waals surface area contributed by atoms with Crippen LogP contribution in [0.3, 0.4) is 0 Å². The first-order valence-electron chi connectivity index (χ1n) is 3.73. The molecule has 0 aromatic heterocycles. The number of halogens is 5. The van der Waals surface area contributed by atoms with E-state index in [1.807, 2.05) is 0 Å². The van der Waals surface area contributed by atoms with Crippen molar-refractivity contribution in [2.24, 2.45) is 0 Å². The Hall–Kier alpha value is 0.700. The molecule has 0 saturated heterocycles. The van der Waals surface area contributed by atoms with E-state index in [1.165, 1.54) is 0 Å². The maximum absolute atomic E-state index is 6.02. The topological polar surface area (TPSA) is 18.5 Å². The van der Waals surface area contributed by atoms with E-state index >= 15 is 0 Å². The number of hydrogen-bond acceptors (Lipinski definition) is 2. The average Bonchev–Trinajstić information content (AvgIpc) is 2.35. The van der Waals surface area contributed by atoms with Crippen LogP contribution in [0.5, 0.6) is 11.5 Å². The van der Waals surface area contributed by atoms with Gasteiger partial charge in [0.2, 0.25) is 0 Å². The van der Waals surface area contributed by atoms with E-state index in [0.717, 1.165) is 0 Å². The van der Waals surface area contributed by atoms with Crippen molar-refractivity contribution < 1.29 is 9.05 Å². The predicted octanol–water partition coefficient (Wildman–Crippen LogP) is 5.48. The fourth-order valence-corrected chi connectivity index (χ4v) is 3.76. The standard InChI is InChI=1S/C7H4Cl5O2P/c8-7(9,10)15(11,12)13-5-3-1-2-4-6(5)14-15/h1-4H. The van der Waals surface area contributed by atoms with Gasteiger partial charge in [0.25, 0.3) is 0 Å². The summed E-state index contributed by atoms with van der Waals surface area (Å²) in [5.41, 5.74) is 0. The summed E-state index contributed by atoms with van der Waals surface area (Å²) in [5.74, 6) is -3.59. The van der Waals surface area contributed by atoms with Gasteiger partial charge in [0.1, 0.15) is 0 Å². The van der Waals surface area contributed by atoms with Crippen molar-refractivity contribution in [2.75, 3.05) is 0 Å². The first kappa shape index (κ1) is 12.2. The van der Waals surface area contributed by atoms with Gasteiger partial charge in [-0.15, -0.1) is 0 Å². The van der Waals surface area contributed by atoms with E-state index < -0.39 is 9.30 Å². The first-order valence-corrected chi connectivity index (χ1v) is 8.75. The summed E-state index contributed by atoms with van der Waals surface area (Å²) in [6.07, 6.45) is 0. The second-order valence-corrected chi connectivity index (χ2v) is 12.7. The van der Waals surface area contributed by atoms with Crippen molar-refractivity contribution in [2.45, 2.75) is 3.53 Å². The van der Waals surface area contributed by atoms with Gasteiger partial charge in [0, 0.05) is 0 Å². The molecule has 1 aliphatic rings. The molecule has 2 nitrogen and oxygen atoms in total. The molecule has 1 aromatic carbocycles. The van der Waals surface area contributed by atoms with Crippen molar-refractivity contribution in [1.29, 1.82) is 0 Å². The Morgan fingerprint density at radius 2 is 1.33 bits per heavy atom. The SMILES string of the molecule is ClC(Cl)(Cl)P1(Cl)(Cl)Oc2ccccc2O1. The van der Waals surface area contributed by atoms with Crippen LogP contribution in [0.4, 0.5) is 0 Å². The summed E-state index contributed by atoms with van der Waals surface area (Å²) in [5, 5.41) is 0. The molecule has 1 aliphatic heterocycles. The minimum absolute atomic E-state index is 0.367. The zero-order chi connectivity index (χ0) is 11.3. The number of fused-ring (bicyclic) bond motifs is 1. The Morgan fingerprint density at radius 1 is 0.933 bits per heavy atom. The molecule has 0 unspecified atom stereocenters. The summed E-state index contributed by atoms with van der Waals surface area (Å²) in [6, 6.07) is 6.73. The summed E-state index contributed by atoms with van der Waals surface area (Å²) in [4.78, 5) is 0. The third-order valence-corrected chi connectivity index (χ3v) is 10.2. The fraction of sp³-hybridized carbons (Fsp3) is 0.143. The summed E-state index contributed by atoms with van der Waals surface area (Å²) >= 11 is 29.1.